The normalized spacial score (nSPS) is 10.8. The molecule has 0 saturated carbocycles. The number of aromatic nitrogens is 7. The van der Waals surface area contributed by atoms with Gasteiger partial charge in [-0.25, -0.2) is 34.9 Å². The highest BCUT2D eigenvalue weighted by molar-refractivity contribution is 5.80. The van der Waals surface area contributed by atoms with Gasteiger partial charge in [0.25, 0.3) is 0 Å². The van der Waals surface area contributed by atoms with Crippen LogP contribution in [0.15, 0.2) is 116 Å². The van der Waals surface area contributed by atoms with E-state index in [2.05, 4.69) is 77.4 Å². The Bertz CT molecular complexity index is 1490. The van der Waals surface area contributed by atoms with Crippen LogP contribution in [0, 0.1) is 0 Å². The molecule has 0 aliphatic rings. The van der Waals surface area contributed by atoms with Crippen LogP contribution in [-0.2, 0) is 0 Å². The van der Waals surface area contributed by atoms with E-state index in [0.717, 1.165) is 38.9 Å². The predicted octanol–water partition coefficient (Wildman–Crippen LogP) is 5.79. The first kappa shape index (κ1) is 21.4. The summed E-state index contributed by atoms with van der Waals surface area (Å²) in [5, 5.41) is 0. The molecule has 0 aliphatic carbocycles. The molecule has 0 radical (unpaired) electrons. The second-order valence-electron chi connectivity index (χ2n) is 8.06. The maximum atomic E-state index is 4.37. The van der Waals surface area contributed by atoms with E-state index in [0.29, 0.717) is 17.5 Å². The van der Waals surface area contributed by atoms with Crippen LogP contribution in [0.5, 0.6) is 0 Å². The summed E-state index contributed by atoms with van der Waals surface area (Å²) in [6.45, 7) is 0. The average molecular weight is 466 g/mol. The van der Waals surface area contributed by atoms with Crippen LogP contribution in [0.3, 0.4) is 0 Å². The van der Waals surface area contributed by atoms with Crippen molar-refractivity contribution in [1.29, 1.82) is 0 Å². The molecule has 6 aromatic rings. The van der Waals surface area contributed by atoms with Crippen molar-refractivity contribution in [2.24, 2.45) is 0 Å². The van der Waals surface area contributed by atoms with Gasteiger partial charge in [-0.2, -0.15) is 0 Å². The second-order valence-corrected chi connectivity index (χ2v) is 8.06. The maximum Gasteiger partial charge on any atom is 0.162 e. The lowest BCUT2D eigenvalue weighted by Gasteiger charge is -2.11. The molecule has 0 fully saturated rings. The van der Waals surface area contributed by atoms with E-state index in [-0.39, 0.29) is 0 Å². The van der Waals surface area contributed by atoms with Crippen molar-refractivity contribution in [2.75, 3.05) is 0 Å². The van der Waals surface area contributed by atoms with Gasteiger partial charge in [-0.15, -0.1) is 0 Å². The van der Waals surface area contributed by atoms with Gasteiger partial charge in [-0.1, -0.05) is 48.5 Å². The molecule has 6 rings (SSSR count). The molecular weight excluding hydrogens is 446 g/mol. The summed E-state index contributed by atoms with van der Waals surface area (Å²) in [4.78, 5) is 30.1. The highest BCUT2D eigenvalue weighted by atomic mass is 15.0. The molecule has 0 atom stereocenters. The first-order valence-electron chi connectivity index (χ1n) is 11.4. The molecule has 170 valence electrons. The van der Waals surface area contributed by atoms with Crippen LogP contribution in [0.4, 0.5) is 0 Å². The quantitative estimate of drug-likeness (QED) is 0.318. The lowest BCUT2D eigenvalue weighted by Crippen LogP contribution is -1.92. The van der Waals surface area contributed by atoms with E-state index < -0.39 is 0 Å². The van der Waals surface area contributed by atoms with Crippen molar-refractivity contribution >= 4 is 0 Å². The van der Waals surface area contributed by atoms with E-state index in [1.807, 2.05) is 36.4 Å². The smallest absolute Gasteiger partial charge is 0.162 e. The van der Waals surface area contributed by atoms with E-state index in [1.165, 1.54) is 12.7 Å². The Balaban J connectivity index is 1.41. The van der Waals surface area contributed by atoms with Gasteiger partial charge in [0, 0.05) is 41.5 Å². The topological polar surface area (TPSA) is 90.2 Å². The van der Waals surface area contributed by atoms with Crippen LogP contribution >= 0.6 is 0 Å². The van der Waals surface area contributed by atoms with Crippen molar-refractivity contribution in [1.82, 2.24) is 34.9 Å². The summed E-state index contributed by atoms with van der Waals surface area (Å²) in [5.74, 6) is 2.02. The number of rotatable bonds is 5. The standard InChI is InChI=1S/C29H19N7/c1-11-31-27(32-12-1)22-7-3-20(4-8-22)24-15-25(17-26(16-24)29-35-18-30-19-36-29)21-5-9-23(10-6-21)28-33-13-2-14-34-28/h1-19H. The third-order valence-corrected chi connectivity index (χ3v) is 5.77. The fraction of sp³-hybridized carbons (Fsp3) is 0. The zero-order valence-electron chi connectivity index (χ0n) is 19.1. The highest BCUT2D eigenvalue weighted by Gasteiger charge is 2.10. The van der Waals surface area contributed by atoms with Crippen molar-refractivity contribution < 1.29 is 0 Å². The summed E-state index contributed by atoms with van der Waals surface area (Å²) in [5.41, 5.74) is 7.09. The lowest BCUT2D eigenvalue weighted by atomic mass is 9.95. The Morgan fingerprint density at radius 2 is 0.694 bits per heavy atom. The molecule has 3 heterocycles. The fourth-order valence-corrected chi connectivity index (χ4v) is 4.00. The maximum absolute atomic E-state index is 4.37. The third-order valence-electron chi connectivity index (χ3n) is 5.77. The Morgan fingerprint density at radius 3 is 1.14 bits per heavy atom. The monoisotopic (exact) mass is 465 g/mol. The first-order chi connectivity index (χ1) is 17.8. The molecule has 0 bridgehead atoms. The van der Waals surface area contributed by atoms with Crippen molar-refractivity contribution in [3.8, 4) is 56.4 Å². The van der Waals surface area contributed by atoms with Crippen LogP contribution < -0.4 is 0 Å². The number of hydrogen-bond donors (Lipinski definition) is 0. The molecular formula is C29H19N7. The Hall–Kier alpha value is -5.17. The van der Waals surface area contributed by atoms with E-state index in [4.69, 9.17) is 0 Å². The second kappa shape index (κ2) is 9.60. The van der Waals surface area contributed by atoms with E-state index in [1.54, 1.807) is 24.8 Å². The van der Waals surface area contributed by atoms with Gasteiger partial charge in [0.1, 0.15) is 12.7 Å². The Kier molecular flexibility index (Phi) is 5.70. The molecule has 0 aliphatic heterocycles. The summed E-state index contributed by atoms with van der Waals surface area (Å²) >= 11 is 0. The first-order valence-corrected chi connectivity index (χ1v) is 11.4. The minimum Gasteiger partial charge on any atom is -0.237 e. The van der Waals surface area contributed by atoms with E-state index >= 15 is 0 Å². The molecule has 0 unspecified atom stereocenters. The SMILES string of the molecule is c1cnc(-c2ccc(-c3cc(-c4ccc(-c5ncccn5)cc4)cc(-c4ncncn4)c3)cc2)nc1. The summed E-state index contributed by atoms with van der Waals surface area (Å²) < 4.78 is 0. The largest absolute Gasteiger partial charge is 0.237 e. The number of nitrogens with zero attached hydrogens (tertiary/aromatic N) is 7. The molecule has 3 aromatic heterocycles. The Morgan fingerprint density at radius 1 is 0.333 bits per heavy atom. The predicted molar refractivity (Wildman–Crippen MR) is 138 cm³/mol. The molecule has 36 heavy (non-hydrogen) atoms. The van der Waals surface area contributed by atoms with Crippen LogP contribution in [0.1, 0.15) is 0 Å². The molecule has 7 heteroatoms. The molecule has 0 saturated heterocycles. The molecule has 3 aromatic carbocycles. The molecule has 0 N–H and O–H groups in total. The van der Waals surface area contributed by atoms with Gasteiger partial charge in [0.05, 0.1) is 0 Å². The lowest BCUT2D eigenvalue weighted by molar-refractivity contribution is 1.06. The summed E-state index contributed by atoms with van der Waals surface area (Å²) in [7, 11) is 0. The van der Waals surface area contributed by atoms with Gasteiger partial charge in [-0.05, 0) is 52.6 Å². The van der Waals surface area contributed by atoms with Gasteiger partial charge in [0.2, 0.25) is 0 Å². The molecule has 7 nitrogen and oxygen atoms in total. The third kappa shape index (κ3) is 4.45. The van der Waals surface area contributed by atoms with Crippen molar-refractivity contribution in [3.05, 3.63) is 116 Å². The van der Waals surface area contributed by atoms with Crippen LogP contribution in [-0.4, -0.2) is 34.9 Å². The summed E-state index contributed by atoms with van der Waals surface area (Å²) in [6, 6.07) is 26.5. The minimum atomic E-state index is 0.622. The number of hydrogen-bond acceptors (Lipinski definition) is 7. The van der Waals surface area contributed by atoms with Crippen molar-refractivity contribution in [3.63, 3.8) is 0 Å². The van der Waals surface area contributed by atoms with Crippen LogP contribution in [0.25, 0.3) is 56.4 Å². The van der Waals surface area contributed by atoms with E-state index in [9.17, 15) is 0 Å². The number of benzene rings is 3. The minimum absolute atomic E-state index is 0.622. The highest BCUT2D eigenvalue weighted by Crippen LogP contribution is 2.33. The Labute approximate surface area is 207 Å². The van der Waals surface area contributed by atoms with Gasteiger partial charge in [-0.3, -0.25) is 0 Å². The average Bonchev–Trinajstić information content (AvgIpc) is 2.98. The van der Waals surface area contributed by atoms with Gasteiger partial charge >= 0.3 is 0 Å². The van der Waals surface area contributed by atoms with Crippen LogP contribution in [0.2, 0.25) is 0 Å². The molecule has 0 spiro atoms. The van der Waals surface area contributed by atoms with Crippen molar-refractivity contribution in [2.45, 2.75) is 0 Å². The zero-order chi connectivity index (χ0) is 24.2. The summed E-state index contributed by atoms with van der Waals surface area (Å²) in [6.07, 6.45) is 10.0. The van der Waals surface area contributed by atoms with Gasteiger partial charge < -0.3 is 0 Å². The zero-order valence-corrected chi connectivity index (χ0v) is 19.1. The molecule has 0 amide bonds. The fourth-order valence-electron chi connectivity index (χ4n) is 4.00. The van der Waals surface area contributed by atoms with Gasteiger partial charge in [0.15, 0.2) is 17.5 Å².